The van der Waals surface area contributed by atoms with Crippen molar-refractivity contribution in [1.82, 2.24) is 9.03 Å². The van der Waals surface area contributed by atoms with Gasteiger partial charge in [0.2, 0.25) is 0 Å². The van der Waals surface area contributed by atoms with Crippen molar-refractivity contribution in [3.05, 3.63) is 0 Å². The fraction of sp³-hybridized carbons (Fsp3) is 0.900. The summed E-state index contributed by atoms with van der Waals surface area (Å²) in [5.41, 5.74) is 5.36. The second-order valence-corrected chi connectivity index (χ2v) is 5.77. The molecule has 8 heteroatoms. The van der Waals surface area contributed by atoms with E-state index in [0.29, 0.717) is 13.0 Å². The highest BCUT2D eigenvalue weighted by Crippen LogP contribution is 2.02. The van der Waals surface area contributed by atoms with Crippen molar-refractivity contribution in [3.63, 3.8) is 0 Å². The maximum absolute atomic E-state index is 11.9. The van der Waals surface area contributed by atoms with Gasteiger partial charge in [-0.2, -0.15) is 12.7 Å². The summed E-state index contributed by atoms with van der Waals surface area (Å²) in [4.78, 5) is 11.3. The molecule has 0 aromatic carbocycles. The first kappa shape index (κ1) is 17.1. The van der Waals surface area contributed by atoms with Crippen molar-refractivity contribution in [1.29, 1.82) is 0 Å². The Morgan fingerprint density at radius 2 is 2.00 bits per heavy atom. The van der Waals surface area contributed by atoms with Gasteiger partial charge in [-0.3, -0.25) is 0 Å². The summed E-state index contributed by atoms with van der Waals surface area (Å²) in [5, 5.41) is 0. The highest BCUT2D eigenvalue weighted by atomic mass is 32.2. The number of unbranched alkanes of at least 4 members (excludes halogenated alkanes) is 1. The van der Waals surface area contributed by atoms with E-state index in [0.717, 1.165) is 10.7 Å². The van der Waals surface area contributed by atoms with Crippen LogP contribution >= 0.6 is 0 Å². The molecule has 3 N–H and O–H groups in total. The van der Waals surface area contributed by atoms with E-state index in [1.165, 1.54) is 0 Å². The third-order valence-corrected chi connectivity index (χ3v) is 3.50. The van der Waals surface area contributed by atoms with Crippen LogP contribution in [0.2, 0.25) is 0 Å². The van der Waals surface area contributed by atoms with Crippen LogP contribution < -0.4 is 10.5 Å². The van der Waals surface area contributed by atoms with Crippen molar-refractivity contribution in [2.24, 2.45) is 5.73 Å². The second-order valence-electron chi connectivity index (χ2n) is 4.10. The summed E-state index contributed by atoms with van der Waals surface area (Å²) >= 11 is 0. The van der Waals surface area contributed by atoms with Crippen LogP contribution in [-0.2, 0) is 14.9 Å². The molecule has 0 aliphatic heterocycles. The Bertz CT molecular complexity index is 343. The lowest BCUT2D eigenvalue weighted by Crippen LogP contribution is -2.46. The van der Waals surface area contributed by atoms with Gasteiger partial charge in [0, 0.05) is 19.6 Å². The van der Waals surface area contributed by atoms with Gasteiger partial charge in [0.05, 0.1) is 6.10 Å². The Kier molecular flexibility index (Phi) is 7.88. The van der Waals surface area contributed by atoms with E-state index in [4.69, 9.17) is 10.5 Å². The predicted octanol–water partition coefficient (Wildman–Crippen LogP) is 0.427. The molecule has 108 valence electrons. The van der Waals surface area contributed by atoms with Gasteiger partial charge in [-0.15, -0.1) is 0 Å². The van der Waals surface area contributed by atoms with Crippen LogP contribution in [0.1, 0.15) is 33.6 Å². The monoisotopic (exact) mass is 281 g/mol. The molecule has 0 aromatic rings. The first-order valence-corrected chi connectivity index (χ1v) is 7.46. The van der Waals surface area contributed by atoms with Crippen LogP contribution in [0.5, 0.6) is 0 Å². The fourth-order valence-corrected chi connectivity index (χ4v) is 2.34. The molecule has 0 heterocycles. The van der Waals surface area contributed by atoms with Crippen molar-refractivity contribution < 1.29 is 17.9 Å². The summed E-state index contributed by atoms with van der Waals surface area (Å²) in [6, 6.07) is 0. The number of amides is 1. The van der Waals surface area contributed by atoms with Gasteiger partial charge in [-0.05, 0) is 20.3 Å². The van der Waals surface area contributed by atoms with E-state index >= 15 is 0 Å². The van der Waals surface area contributed by atoms with Gasteiger partial charge < -0.3 is 10.5 Å². The normalized spacial score (nSPS) is 11.9. The Labute approximate surface area is 109 Å². The van der Waals surface area contributed by atoms with Crippen molar-refractivity contribution in [2.75, 3.05) is 19.6 Å². The summed E-state index contributed by atoms with van der Waals surface area (Å²) in [6.07, 6.45) is 0.218. The Balaban J connectivity index is 4.58. The molecule has 0 atom stereocenters. The average Bonchev–Trinajstić information content (AvgIpc) is 2.21. The quantitative estimate of drug-likeness (QED) is 0.671. The molecular formula is C10H23N3O4S. The Morgan fingerprint density at radius 3 is 2.44 bits per heavy atom. The third kappa shape index (κ3) is 6.77. The first-order chi connectivity index (χ1) is 8.33. The zero-order valence-corrected chi connectivity index (χ0v) is 12.0. The van der Waals surface area contributed by atoms with E-state index in [1.807, 2.05) is 11.6 Å². The maximum Gasteiger partial charge on any atom is 0.422 e. The number of hydrogen-bond donors (Lipinski definition) is 2. The maximum atomic E-state index is 11.9. The highest BCUT2D eigenvalue weighted by molar-refractivity contribution is 7.87. The molecule has 0 saturated heterocycles. The fourth-order valence-electron chi connectivity index (χ4n) is 1.24. The van der Waals surface area contributed by atoms with E-state index in [2.05, 4.69) is 0 Å². The van der Waals surface area contributed by atoms with Crippen LogP contribution in [0.3, 0.4) is 0 Å². The number of carbonyl (C=O) groups excluding carboxylic acids is 1. The molecule has 0 saturated carbocycles. The van der Waals surface area contributed by atoms with Crippen LogP contribution in [0.25, 0.3) is 0 Å². The lowest BCUT2D eigenvalue weighted by Gasteiger charge is -2.21. The van der Waals surface area contributed by atoms with Gasteiger partial charge in [-0.25, -0.2) is 9.52 Å². The summed E-state index contributed by atoms with van der Waals surface area (Å²) in [7, 11) is -3.87. The van der Waals surface area contributed by atoms with Crippen molar-refractivity contribution in [3.8, 4) is 0 Å². The standard InChI is InChI=1S/C10H23N3O4S/c1-4-5-7-13(8-6-11)18(15,16)12-10(14)17-9(2)3/h9H,4-8,11H2,1-3H3,(H,12,14). The molecule has 0 unspecified atom stereocenters. The van der Waals surface area contributed by atoms with E-state index in [1.54, 1.807) is 13.8 Å². The number of nitrogens with zero attached hydrogens (tertiary/aromatic N) is 1. The summed E-state index contributed by atoms with van der Waals surface area (Å²) in [6.45, 7) is 5.93. The number of rotatable bonds is 8. The van der Waals surface area contributed by atoms with E-state index < -0.39 is 16.3 Å². The molecule has 0 bridgehead atoms. The number of hydrogen-bond acceptors (Lipinski definition) is 5. The molecule has 0 aliphatic carbocycles. The zero-order chi connectivity index (χ0) is 14.2. The number of ether oxygens (including phenoxy) is 1. The minimum atomic E-state index is -3.87. The third-order valence-electron chi connectivity index (χ3n) is 2.03. The second kappa shape index (κ2) is 8.28. The van der Waals surface area contributed by atoms with Crippen LogP contribution in [0.4, 0.5) is 4.79 Å². The molecule has 0 aliphatic rings. The predicted molar refractivity (Wildman–Crippen MR) is 69.2 cm³/mol. The summed E-state index contributed by atoms with van der Waals surface area (Å²) < 4.78 is 31.5. The lowest BCUT2D eigenvalue weighted by atomic mass is 10.3. The smallest absolute Gasteiger partial charge is 0.422 e. The van der Waals surface area contributed by atoms with E-state index in [-0.39, 0.29) is 19.2 Å². The lowest BCUT2D eigenvalue weighted by molar-refractivity contribution is 0.121. The summed E-state index contributed by atoms with van der Waals surface area (Å²) in [5.74, 6) is 0. The Morgan fingerprint density at radius 1 is 1.39 bits per heavy atom. The number of nitrogens with one attached hydrogen (secondary N) is 1. The first-order valence-electron chi connectivity index (χ1n) is 6.02. The number of nitrogens with two attached hydrogens (primary N) is 1. The van der Waals surface area contributed by atoms with Crippen molar-refractivity contribution >= 4 is 16.3 Å². The minimum absolute atomic E-state index is 0.171. The molecule has 0 rings (SSSR count). The Hall–Kier alpha value is -0.860. The minimum Gasteiger partial charge on any atom is -0.446 e. The SMILES string of the molecule is CCCCN(CCN)S(=O)(=O)NC(=O)OC(C)C. The van der Waals surface area contributed by atoms with Gasteiger partial charge in [0.15, 0.2) is 0 Å². The topological polar surface area (TPSA) is 102 Å². The molecule has 0 radical (unpaired) electrons. The van der Waals surface area contributed by atoms with Crippen LogP contribution in [0, 0.1) is 0 Å². The van der Waals surface area contributed by atoms with Gasteiger partial charge in [-0.1, -0.05) is 13.3 Å². The van der Waals surface area contributed by atoms with Crippen LogP contribution in [-0.4, -0.2) is 44.6 Å². The molecule has 18 heavy (non-hydrogen) atoms. The zero-order valence-electron chi connectivity index (χ0n) is 11.2. The van der Waals surface area contributed by atoms with Crippen molar-refractivity contribution in [2.45, 2.75) is 39.7 Å². The molecule has 7 nitrogen and oxygen atoms in total. The largest absolute Gasteiger partial charge is 0.446 e. The van der Waals surface area contributed by atoms with Gasteiger partial charge in [0.25, 0.3) is 0 Å². The highest BCUT2D eigenvalue weighted by Gasteiger charge is 2.24. The van der Waals surface area contributed by atoms with Crippen LogP contribution in [0.15, 0.2) is 0 Å². The molecule has 1 amide bonds. The number of carbonyl (C=O) groups is 1. The van der Waals surface area contributed by atoms with E-state index in [9.17, 15) is 13.2 Å². The molecule has 0 spiro atoms. The molecule has 0 aromatic heterocycles. The van der Waals surface area contributed by atoms with Gasteiger partial charge >= 0.3 is 16.3 Å². The van der Waals surface area contributed by atoms with Gasteiger partial charge in [0.1, 0.15) is 0 Å². The molecular weight excluding hydrogens is 258 g/mol. The molecule has 0 fully saturated rings. The average molecular weight is 281 g/mol.